The zero-order valence-electron chi connectivity index (χ0n) is 10.4. The molecular formula is C15H18O3. The van der Waals surface area contributed by atoms with Gasteiger partial charge in [-0.15, -0.1) is 0 Å². The molecule has 0 spiro atoms. The summed E-state index contributed by atoms with van der Waals surface area (Å²) < 4.78 is 0. The first-order valence-corrected chi connectivity index (χ1v) is 6.60. The van der Waals surface area contributed by atoms with E-state index in [4.69, 9.17) is 0 Å². The van der Waals surface area contributed by atoms with Crippen molar-refractivity contribution in [3.63, 3.8) is 0 Å². The predicted octanol–water partition coefficient (Wildman–Crippen LogP) is 2.72. The molecule has 0 aliphatic heterocycles. The number of benzene rings is 1. The van der Waals surface area contributed by atoms with Crippen LogP contribution in [0.15, 0.2) is 24.3 Å². The molecule has 3 saturated carbocycles. The minimum Gasteiger partial charge on any atom is -0.478 e. The fourth-order valence-corrected chi connectivity index (χ4v) is 3.70. The van der Waals surface area contributed by atoms with Gasteiger partial charge in [-0.05, 0) is 55.6 Å². The molecule has 0 heterocycles. The fraction of sp³-hybridized carbons (Fsp3) is 0.533. The largest absolute Gasteiger partial charge is 0.478 e. The molecule has 2 N–H and O–H groups in total. The standard InChI is InChI=1S/C15H18O3/c16-13(17)11-3-1-2-4-12(11)14-5-8-15(18,9-6-14)10-7-14/h1-4,18H,5-10H2,(H,16,17). The van der Waals surface area contributed by atoms with Gasteiger partial charge in [0.2, 0.25) is 0 Å². The van der Waals surface area contributed by atoms with Gasteiger partial charge in [0.1, 0.15) is 0 Å². The summed E-state index contributed by atoms with van der Waals surface area (Å²) >= 11 is 0. The van der Waals surface area contributed by atoms with E-state index in [-0.39, 0.29) is 5.41 Å². The van der Waals surface area contributed by atoms with Crippen LogP contribution in [0.3, 0.4) is 0 Å². The molecule has 3 aliphatic carbocycles. The van der Waals surface area contributed by atoms with E-state index in [2.05, 4.69) is 0 Å². The Balaban J connectivity index is 2.03. The number of aromatic carboxylic acids is 1. The third kappa shape index (κ3) is 1.65. The van der Waals surface area contributed by atoms with Crippen molar-refractivity contribution >= 4 is 5.97 Å². The van der Waals surface area contributed by atoms with Crippen LogP contribution in [0.5, 0.6) is 0 Å². The number of hydrogen-bond donors (Lipinski definition) is 2. The molecule has 96 valence electrons. The molecule has 0 amide bonds. The molecule has 3 aliphatic rings. The Morgan fingerprint density at radius 3 is 2.11 bits per heavy atom. The van der Waals surface area contributed by atoms with Gasteiger partial charge in [-0.2, -0.15) is 0 Å². The number of hydrogen-bond acceptors (Lipinski definition) is 2. The smallest absolute Gasteiger partial charge is 0.335 e. The summed E-state index contributed by atoms with van der Waals surface area (Å²) in [5, 5.41) is 19.6. The molecule has 0 radical (unpaired) electrons. The number of carboxylic acid groups (broad SMARTS) is 1. The molecule has 0 aromatic heterocycles. The molecular weight excluding hydrogens is 228 g/mol. The van der Waals surface area contributed by atoms with E-state index in [1.54, 1.807) is 12.1 Å². The van der Waals surface area contributed by atoms with Gasteiger partial charge in [0.05, 0.1) is 11.2 Å². The molecule has 1 aromatic rings. The Kier molecular flexibility index (Phi) is 2.49. The van der Waals surface area contributed by atoms with Crippen molar-refractivity contribution in [1.29, 1.82) is 0 Å². The highest BCUT2D eigenvalue weighted by Gasteiger charge is 2.49. The van der Waals surface area contributed by atoms with Crippen LogP contribution in [0.2, 0.25) is 0 Å². The van der Waals surface area contributed by atoms with E-state index in [9.17, 15) is 15.0 Å². The second-order valence-corrected chi connectivity index (χ2v) is 5.86. The third-order valence-corrected chi connectivity index (χ3v) is 4.94. The first-order valence-electron chi connectivity index (χ1n) is 6.60. The third-order valence-electron chi connectivity index (χ3n) is 4.94. The Bertz CT molecular complexity index is 468. The zero-order valence-corrected chi connectivity index (χ0v) is 10.4. The van der Waals surface area contributed by atoms with Crippen LogP contribution in [0, 0.1) is 0 Å². The molecule has 1 aromatic carbocycles. The van der Waals surface area contributed by atoms with Gasteiger partial charge < -0.3 is 10.2 Å². The Hall–Kier alpha value is -1.35. The minimum atomic E-state index is -0.841. The minimum absolute atomic E-state index is 0.0144. The number of aliphatic hydroxyl groups is 1. The second kappa shape index (κ2) is 3.82. The molecule has 3 fully saturated rings. The molecule has 0 atom stereocenters. The van der Waals surface area contributed by atoms with Crippen LogP contribution in [-0.4, -0.2) is 21.8 Å². The van der Waals surface area contributed by atoms with Gasteiger partial charge in [-0.1, -0.05) is 18.2 Å². The van der Waals surface area contributed by atoms with E-state index >= 15 is 0 Å². The van der Waals surface area contributed by atoms with Crippen molar-refractivity contribution in [1.82, 2.24) is 0 Å². The summed E-state index contributed by atoms with van der Waals surface area (Å²) in [6, 6.07) is 7.36. The van der Waals surface area contributed by atoms with E-state index in [1.165, 1.54) is 0 Å². The highest BCUT2D eigenvalue weighted by atomic mass is 16.4. The van der Waals surface area contributed by atoms with Crippen LogP contribution in [-0.2, 0) is 5.41 Å². The molecule has 4 rings (SSSR count). The SMILES string of the molecule is O=C(O)c1ccccc1C12CCC(O)(CC1)CC2. The number of carboxylic acids is 1. The van der Waals surface area contributed by atoms with Gasteiger partial charge in [-0.25, -0.2) is 4.79 Å². The summed E-state index contributed by atoms with van der Waals surface area (Å²) in [5.41, 5.74) is 0.920. The number of rotatable bonds is 2. The average Bonchev–Trinajstić information content (AvgIpc) is 2.40. The first kappa shape index (κ1) is 11.7. The lowest BCUT2D eigenvalue weighted by Gasteiger charge is -2.51. The molecule has 18 heavy (non-hydrogen) atoms. The van der Waals surface area contributed by atoms with Gasteiger partial charge >= 0.3 is 5.97 Å². The molecule has 3 heteroatoms. The summed E-state index contributed by atoms with van der Waals surface area (Å²) in [6.45, 7) is 0. The van der Waals surface area contributed by atoms with Crippen molar-refractivity contribution in [2.75, 3.05) is 0 Å². The van der Waals surface area contributed by atoms with Crippen LogP contribution in [0.25, 0.3) is 0 Å². The van der Waals surface area contributed by atoms with Crippen LogP contribution in [0.4, 0.5) is 0 Å². The predicted molar refractivity (Wildman–Crippen MR) is 67.7 cm³/mol. The van der Waals surface area contributed by atoms with Crippen molar-refractivity contribution < 1.29 is 15.0 Å². The quantitative estimate of drug-likeness (QED) is 0.843. The Morgan fingerprint density at radius 1 is 1.00 bits per heavy atom. The highest BCUT2D eigenvalue weighted by molar-refractivity contribution is 5.89. The van der Waals surface area contributed by atoms with Crippen LogP contribution >= 0.6 is 0 Å². The van der Waals surface area contributed by atoms with Gasteiger partial charge in [-0.3, -0.25) is 0 Å². The molecule has 3 nitrogen and oxygen atoms in total. The fourth-order valence-electron chi connectivity index (χ4n) is 3.70. The number of fused-ring (bicyclic) bond motifs is 3. The number of carbonyl (C=O) groups is 1. The normalized spacial score (nSPS) is 34.5. The average molecular weight is 246 g/mol. The Morgan fingerprint density at radius 2 is 1.56 bits per heavy atom. The van der Waals surface area contributed by atoms with Crippen LogP contribution < -0.4 is 0 Å². The lowest BCUT2D eigenvalue weighted by Crippen LogP contribution is -2.48. The second-order valence-electron chi connectivity index (χ2n) is 5.86. The van der Waals surface area contributed by atoms with E-state index < -0.39 is 11.6 Å². The lowest BCUT2D eigenvalue weighted by molar-refractivity contribution is -0.0661. The van der Waals surface area contributed by atoms with Crippen molar-refractivity contribution in [3.05, 3.63) is 35.4 Å². The maximum absolute atomic E-state index is 11.3. The topological polar surface area (TPSA) is 57.5 Å². The van der Waals surface area contributed by atoms with E-state index in [1.807, 2.05) is 12.1 Å². The highest BCUT2D eigenvalue weighted by Crippen LogP contribution is 2.54. The maximum atomic E-state index is 11.3. The summed E-state index contributed by atoms with van der Waals surface area (Å²) in [5.74, 6) is -0.841. The molecule has 0 unspecified atom stereocenters. The maximum Gasteiger partial charge on any atom is 0.335 e. The van der Waals surface area contributed by atoms with E-state index in [0.717, 1.165) is 44.1 Å². The summed E-state index contributed by atoms with van der Waals surface area (Å²) in [6.07, 6.45) is 5.15. The van der Waals surface area contributed by atoms with Gasteiger partial charge in [0, 0.05) is 0 Å². The van der Waals surface area contributed by atoms with Crippen molar-refractivity contribution in [2.45, 2.75) is 49.5 Å². The van der Waals surface area contributed by atoms with Gasteiger partial charge in [0.25, 0.3) is 0 Å². The summed E-state index contributed by atoms with van der Waals surface area (Å²) in [4.78, 5) is 11.3. The van der Waals surface area contributed by atoms with E-state index in [0.29, 0.717) is 5.56 Å². The Labute approximate surface area is 106 Å². The summed E-state index contributed by atoms with van der Waals surface area (Å²) in [7, 11) is 0. The lowest BCUT2D eigenvalue weighted by atomic mass is 9.55. The van der Waals surface area contributed by atoms with Gasteiger partial charge in [0.15, 0.2) is 0 Å². The monoisotopic (exact) mass is 246 g/mol. The molecule has 2 bridgehead atoms. The molecule has 0 saturated heterocycles. The zero-order chi connectivity index (χ0) is 12.8. The van der Waals surface area contributed by atoms with Crippen molar-refractivity contribution in [2.24, 2.45) is 0 Å². The van der Waals surface area contributed by atoms with Crippen molar-refractivity contribution in [3.8, 4) is 0 Å². The first-order chi connectivity index (χ1) is 8.55. The van der Waals surface area contributed by atoms with Crippen LogP contribution in [0.1, 0.15) is 54.4 Å².